The van der Waals surface area contributed by atoms with Crippen molar-refractivity contribution in [3.8, 4) is 0 Å². The third-order valence-corrected chi connectivity index (χ3v) is 3.00. The van der Waals surface area contributed by atoms with Crippen molar-refractivity contribution in [2.24, 2.45) is 0 Å². The van der Waals surface area contributed by atoms with Gasteiger partial charge in [-0.3, -0.25) is 0 Å². The molecule has 0 aliphatic carbocycles. The quantitative estimate of drug-likeness (QED) is 0.505. The molecule has 0 unspecified atom stereocenters. The standard InChI is InChI=1S/C16H19N.F6P/c1-13-3-7-15(8-4-13)11-17-12-16-9-5-14(2)6-10-16;1-7(2,3,4,5)6/h3-10,17H,11-12H2,1-2H3;/q;-1/p+1. The van der Waals surface area contributed by atoms with Crippen LogP contribution in [-0.4, -0.2) is 0 Å². The van der Waals surface area contributed by atoms with Crippen LogP contribution in [0.25, 0.3) is 0 Å². The van der Waals surface area contributed by atoms with Gasteiger partial charge in [-0.2, -0.15) is 0 Å². The molecule has 2 aromatic carbocycles. The Morgan fingerprint density at radius 1 is 0.625 bits per heavy atom. The van der Waals surface area contributed by atoms with Crippen molar-refractivity contribution in [1.82, 2.24) is 0 Å². The van der Waals surface area contributed by atoms with E-state index in [2.05, 4.69) is 67.7 Å². The van der Waals surface area contributed by atoms with E-state index in [1.54, 1.807) is 0 Å². The zero-order valence-corrected chi connectivity index (χ0v) is 14.2. The predicted molar refractivity (Wildman–Crippen MR) is 85.3 cm³/mol. The van der Waals surface area contributed by atoms with E-state index < -0.39 is 7.81 Å². The van der Waals surface area contributed by atoms with Crippen molar-refractivity contribution in [2.75, 3.05) is 0 Å². The summed E-state index contributed by atoms with van der Waals surface area (Å²) in [6.45, 7) is 6.35. The molecule has 0 saturated heterocycles. The van der Waals surface area contributed by atoms with E-state index in [4.69, 9.17) is 0 Å². The summed E-state index contributed by atoms with van der Waals surface area (Å²) in [6, 6.07) is 17.5. The molecule has 24 heavy (non-hydrogen) atoms. The van der Waals surface area contributed by atoms with E-state index in [1.807, 2.05) is 0 Å². The molecule has 0 spiro atoms. The van der Waals surface area contributed by atoms with E-state index in [0.29, 0.717) is 0 Å². The summed E-state index contributed by atoms with van der Waals surface area (Å²) in [5.74, 6) is 0. The van der Waals surface area contributed by atoms with Gasteiger partial charge in [-0.1, -0.05) is 59.7 Å². The molecule has 136 valence electrons. The minimum absolute atomic E-state index is 1.05. The van der Waals surface area contributed by atoms with Crippen LogP contribution >= 0.6 is 7.81 Å². The van der Waals surface area contributed by atoms with Crippen molar-refractivity contribution in [1.29, 1.82) is 0 Å². The average Bonchev–Trinajstić information content (AvgIpc) is 2.40. The van der Waals surface area contributed by atoms with Crippen LogP contribution in [0.3, 0.4) is 0 Å². The molecule has 2 rings (SSSR count). The maximum absolute atomic E-state index is 10.7. The molecule has 0 atom stereocenters. The normalized spacial score (nSPS) is 14.2. The Hall–Kier alpha value is -1.59. The first-order chi connectivity index (χ1) is 10.7. The fourth-order valence-electron chi connectivity index (χ4n) is 1.85. The minimum atomic E-state index is -10.7. The molecule has 0 amide bonds. The SMILES string of the molecule is Cc1ccc(C[NH2+]Cc2ccc(C)cc2)cc1.F[P-](F)(F)(F)(F)F. The topological polar surface area (TPSA) is 16.6 Å². The molecule has 0 aliphatic rings. The summed E-state index contributed by atoms with van der Waals surface area (Å²) in [5, 5.41) is 2.34. The Bertz CT molecular complexity index is 591. The van der Waals surface area contributed by atoms with Gasteiger partial charge in [0.05, 0.1) is 0 Å². The molecule has 0 aromatic heterocycles. The molecule has 0 saturated carbocycles. The Morgan fingerprint density at radius 3 is 1.12 bits per heavy atom. The number of rotatable bonds is 4. The third-order valence-electron chi connectivity index (χ3n) is 3.00. The van der Waals surface area contributed by atoms with E-state index in [1.165, 1.54) is 22.3 Å². The first-order valence-electron chi connectivity index (χ1n) is 7.18. The van der Waals surface area contributed by atoms with Gasteiger partial charge in [0.15, 0.2) is 0 Å². The molecule has 0 fully saturated rings. The van der Waals surface area contributed by atoms with Crippen LogP contribution in [0.15, 0.2) is 48.5 Å². The monoisotopic (exact) mass is 371 g/mol. The van der Waals surface area contributed by atoms with Crippen LogP contribution in [-0.2, 0) is 13.1 Å². The van der Waals surface area contributed by atoms with Crippen LogP contribution in [0.4, 0.5) is 25.2 Å². The van der Waals surface area contributed by atoms with E-state index in [9.17, 15) is 25.2 Å². The molecule has 8 heteroatoms. The number of hydrogen-bond donors (Lipinski definition) is 1. The van der Waals surface area contributed by atoms with Crippen molar-refractivity contribution in [3.05, 3.63) is 70.8 Å². The first-order valence-corrected chi connectivity index (χ1v) is 9.21. The van der Waals surface area contributed by atoms with Gasteiger partial charge in [0, 0.05) is 11.1 Å². The number of halogens is 6. The first kappa shape index (κ1) is 20.5. The molecule has 0 bridgehead atoms. The van der Waals surface area contributed by atoms with Crippen molar-refractivity contribution >= 4 is 7.81 Å². The summed E-state index contributed by atoms with van der Waals surface area (Å²) < 4.78 is 59.2. The van der Waals surface area contributed by atoms with Gasteiger partial charge < -0.3 is 5.32 Å². The fourth-order valence-corrected chi connectivity index (χ4v) is 1.85. The Kier molecular flexibility index (Phi) is 5.73. The van der Waals surface area contributed by atoms with Crippen LogP contribution in [0.2, 0.25) is 0 Å². The number of benzene rings is 2. The van der Waals surface area contributed by atoms with Crippen LogP contribution in [0, 0.1) is 13.8 Å². The summed E-state index contributed by atoms with van der Waals surface area (Å²) >= 11 is 0. The van der Waals surface area contributed by atoms with Gasteiger partial charge >= 0.3 is 33.0 Å². The molecule has 1 nitrogen and oxygen atoms in total. The van der Waals surface area contributed by atoms with Gasteiger partial charge in [0.1, 0.15) is 13.1 Å². The van der Waals surface area contributed by atoms with Crippen LogP contribution < -0.4 is 5.32 Å². The summed E-state index contributed by atoms with van der Waals surface area (Å²) in [6.07, 6.45) is 0. The third kappa shape index (κ3) is 12.9. The maximum atomic E-state index is 9.87. The second-order valence-electron chi connectivity index (χ2n) is 5.63. The molecule has 2 aromatic rings. The average molecular weight is 371 g/mol. The van der Waals surface area contributed by atoms with Gasteiger partial charge in [0.25, 0.3) is 0 Å². The van der Waals surface area contributed by atoms with Crippen LogP contribution in [0.1, 0.15) is 22.3 Å². The zero-order valence-electron chi connectivity index (χ0n) is 13.3. The summed E-state index contributed by atoms with van der Waals surface area (Å²) in [5.41, 5.74) is 5.44. The van der Waals surface area contributed by atoms with Gasteiger partial charge in [-0.15, -0.1) is 0 Å². The fraction of sp³-hybridized carbons (Fsp3) is 0.250. The zero-order chi connectivity index (χ0) is 18.5. The van der Waals surface area contributed by atoms with Crippen LogP contribution in [0.5, 0.6) is 0 Å². The van der Waals surface area contributed by atoms with Gasteiger partial charge in [-0.25, -0.2) is 0 Å². The van der Waals surface area contributed by atoms with Crippen molar-refractivity contribution in [2.45, 2.75) is 26.9 Å². The van der Waals surface area contributed by atoms with Gasteiger partial charge in [0.2, 0.25) is 0 Å². The number of aryl methyl sites for hydroxylation is 2. The molecule has 0 heterocycles. The summed E-state index contributed by atoms with van der Waals surface area (Å²) in [4.78, 5) is 0. The molecule has 2 N–H and O–H groups in total. The number of nitrogens with two attached hydrogens (primary N) is 1. The van der Waals surface area contributed by atoms with E-state index in [-0.39, 0.29) is 0 Å². The van der Waals surface area contributed by atoms with E-state index in [0.717, 1.165) is 13.1 Å². The molecular weight excluding hydrogens is 351 g/mol. The Morgan fingerprint density at radius 2 is 0.875 bits per heavy atom. The number of quaternary nitrogens is 1. The van der Waals surface area contributed by atoms with Crippen molar-refractivity contribution in [3.63, 3.8) is 0 Å². The molecule has 0 aliphatic heterocycles. The predicted octanol–water partition coefficient (Wildman–Crippen LogP) is 5.95. The Labute approximate surface area is 136 Å². The van der Waals surface area contributed by atoms with Crippen molar-refractivity contribution < 1.29 is 30.5 Å². The second kappa shape index (κ2) is 6.73. The number of hydrogen-bond acceptors (Lipinski definition) is 0. The van der Waals surface area contributed by atoms with Gasteiger partial charge in [-0.05, 0) is 13.8 Å². The summed E-state index contributed by atoms with van der Waals surface area (Å²) in [7, 11) is -10.7. The van der Waals surface area contributed by atoms with E-state index >= 15 is 0 Å². The Balaban J connectivity index is 0.000000351. The molecule has 0 radical (unpaired) electrons. The second-order valence-corrected chi connectivity index (χ2v) is 7.54. The molecular formula is C16H20F6NP.